The van der Waals surface area contributed by atoms with Gasteiger partial charge < -0.3 is 0 Å². The molecule has 9 rings (SSSR count). The van der Waals surface area contributed by atoms with Gasteiger partial charge >= 0.3 is 0 Å². The number of hydrogen-bond acceptors (Lipinski definition) is 2. The molecule has 2 nitrogen and oxygen atoms in total. The molecule has 0 amide bonds. The highest BCUT2D eigenvalue weighted by Gasteiger charge is 2.82. The van der Waals surface area contributed by atoms with Crippen LogP contribution < -0.4 is 0 Å². The molecule has 2 spiro atoms. The third kappa shape index (κ3) is 1.30. The molecule has 8 aliphatic carbocycles. The van der Waals surface area contributed by atoms with Crippen LogP contribution in [0.3, 0.4) is 0 Å². The molecule has 2 heteroatoms. The van der Waals surface area contributed by atoms with E-state index in [0.29, 0.717) is 10.8 Å². The number of hydrogen-bond donors (Lipinski definition) is 0. The van der Waals surface area contributed by atoms with Gasteiger partial charge in [-0.15, -0.1) is 0 Å². The predicted octanol–water partition coefficient (Wildman–Crippen LogP) is 5.12. The van der Waals surface area contributed by atoms with E-state index in [1.807, 2.05) is 0 Å². The average Bonchev–Trinajstić information content (AvgIpc) is 2.41. The maximum absolute atomic E-state index is 6.35. The largest absolute Gasteiger partial charge is 0.226 e. The van der Waals surface area contributed by atoms with Gasteiger partial charge in [0.05, 0.1) is 0 Å². The van der Waals surface area contributed by atoms with Crippen LogP contribution in [0.25, 0.3) is 0 Å². The van der Waals surface area contributed by atoms with Gasteiger partial charge in [0.2, 0.25) is 0 Å². The summed E-state index contributed by atoms with van der Waals surface area (Å²) in [7, 11) is 0. The van der Waals surface area contributed by atoms with Gasteiger partial charge in [0, 0.05) is 0 Å². The van der Waals surface area contributed by atoms with Crippen LogP contribution in [0.2, 0.25) is 0 Å². The summed E-state index contributed by atoms with van der Waals surface area (Å²) in [6.07, 6.45) is 14.4. The van der Waals surface area contributed by atoms with E-state index in [2.05, 4.69) is 13.8 Å². The highest BCUT2D eigenvalue weighted by Crippen LogP contribution is 2.77. The van der Waals surface area contributed by atoms with Gasteiger partial charge in [0.1, 0.15) is 11.2 Å². The lowest BCUT2D eigenvalue weighted by atomic mass is 9.34. The minimum Gasteiger partial charge on any atom is -0.226 e. The fraction of sp³-hybridized carbons (Fsp3) is 1.00. The maximum atomic E-state index is 6.35. The monoisotopic (exact) mass is 328 g/mol. The van der Waals surface area contributed by atoms with Crippen LogP contribution in [0.4, 0.5) is 0 Å². The molecule has 0 aromatic heterocycles. The van der Waals surface area contributed by atoms with E-state index in [-0.39, 0.29) is 11.2 Å². The maximum Gasteiger partial charge on any atom is 0.142 e. The molecule has 1 saturated heterocycles. The Morgan fingerprint density at radius 3 is 1.12 bits per heavy atom. The van der Waals surface area contributed by atoms with Crippen LogP contribution in [-0.2, 0) is 9.78 Å². The van der Waals surface area contributed by atoms with Gasteiger partial charge in [-0.3, -0.25) is 0 Å². The van der Waals surface area contributed by atoms with Crippen LogP contribution in [0.15, 0.2) is 0 Å². The lowest BCUT2D eigenvalue weighted by molar-refractivity contribution is -0.617. The van der Waals surface area contributed by atoms with E-state index in [1.165, 1.54) is 64.2 Å². The molecule has 9 fully saturated rings. The first-order valence-corrected chi connectivity index (χ1v) is 10.8. The smallest absolute Gasteiger partial charge is 0.142 e. The van der Waals surface area contributed by atoms with Crippen LogP contribution in [0.5, 0.6) is 0 Å². The van der Waals surface area contributed by atoms with Crippen LogP contribution in [0, 0.1) is 46.3 Å². The van der Waals surface area contributed by atoms with Crippen molar-refractivity contribution in [1.82, 2.24) is 0 Å². The molecule has 0 aromatic carbocycles. The second kappa shape index (κ2) is 3.79. The first kappa shape index (κ1) is 14.0. The van der Waals surface area contributed by atoms with E-state index in [0.717, 1.165) is 35.5 Å². The molecule has 4 unspecified atom stereocenters. The summed E-state index contributed by atoms with van der Waals surface area (Å²) < 4.78 is 0. The average molecular weight is 328 g/mol. The van der Waals surface area contributed by atoms with E-state index in [1.54, 1.807) is 0 Å². The van der Waals surface area contributed by atoms with Crippen molar-refractivity contribution in [3.63, 3.8) is 0 Å². The van der Waals surface area contributed by atoms with Gasteiger partial charge in [0.15, 0.2) is 0 Å². The van der Waals surface area contributed by atoms with Crippen LogP contribution in [-0.4, -0.2) is 11.2 Å². The molecular weight excluding hydrogens is 296 g/mol. The normalized spacial score (nSPS) is 71.2. The minimum absolute atomic E-state index is 0.127. The fourth-order valence-corrected chi connectivity index (χ4v) is 10.5. The van der Waals surface area contributed by atoms with Gasteiger partial charge in [0.25, 0.3) is 0 Å². The summed E-state index contributed by atoms with van der Waals surface area (Å²) in [5.41, 5.74) is 1.50. The van der Waals surface area contributed by atoms with E-state index in [4.69, 9.17) is 9.78 Å². The Labute approximate surface area is 146 Å². The molecular formula is C22H32O2. The van der Waals surface area contributed by atoms with Gasteiger partial charge in [-0.2, -0.15) is 0 Å². The SMILES string of the molecule is CC12CC3CC(C1)C1(OOC14C1CC5CC4CC(C)(C5)C1)C(C3)C2. The van der Waals surface area contributed by atoms with Crippen molar-refractivity contribution >= 4 is 0 Å². The van der Waals surface area contributed by atoms with Crippen molar-refractivity contribution in [3.8, 4) is 0 Å². The van der Waals surface area contributed by atoms with E-state index < -0.39 is 0 Å². The summed E-state index contributed by atoms with van der Waals surface area (Å²) in [6.45, 7) is 5.16. The Morgan fingerprint density at radius 2 is 0.875 bits per heavy atom. The Hall–Kier alpha value is -0.0800. The first-order chi connectivity index (χ1) is 11.4. The first-order valence-electron chi connectivity index (χ1n) is 10.8. The molecule has 1 heterocycles. The van der Waals surface area contributed by atoms with Crippen LogP contribution in [0.1, 0.15) is 78.1 Å². The summed E-state index contributed by atoms with van der Waals surface area (Å²) in [5, 5.41) is 0. The molecule has 0 radical (unpaired) electrons. The van der Waals surface area contributed by atoms with Crippen LogP contribution >= 0.6 is 0 Å². The third-order valence-corrected chi connectivity index (χ3v) is 10.3. The van der Waals surface area contributed by atoms with Crippen molar-refractivity contribution < 1.29 is 9.78 Å². The Balaban J connectivity index is 1.36. The second-order valence-electron chi connectivity index (χ2n) is 12.1. The summed E-state index contributed by atoms with van der Waals surface area (Å²) in [4.78, 5) is 12.7. The fourth-order valence-electron chi connectivity index (χ4n) is 10.5. The Morgan fingerprint density at radius 1 is 0.542 bits per heavy atom. The molecule has 9 aliphatic rings. The Bertz CT molecular complexity index is 537. The molecule has 1 aliphatic heterocycles. The molecule has 8 saturated carbocycles. The summed E-state index contributed by atoms with van der Waals surface area (Å²) in [5.74, 6) is 5.18. The zero-order valence-electron chi connectivity index (χ0n) is 15.4. The van der Waals surface area contributed by atoms with Crippen molar-refractivity contribution in [2.75, 3.05) is 0 Å². The highest BCUT2D eigenvalue weighted by atomic mass is 17.3. The molecule has 0 N–H and O–H groups in total. The lowest BCUT2D eigenvalue weighted by Crippen LogP contribution is -2.85. The predicted molar refractivity (Wildman–Crippen MR) is 91.0 cm³/mol. The Kier molecular flexibility index (Phi) is 2.22. The molecule has 24 heavy (non-hydrogen) atoms. The van der Waals surface area contributed by atoms with Gasteiger partial charge in [-0.05, 0) is 111 Å². The van der Waals surface area contributed by atoms with Crippen molar-refractivity contribution in [2.24, 2.45) is 46.3 Å². The minimum atomic E-state index is 0.127. The van der Waals surface area contributed by atoms with Crippen molar-refractivity contribution in [2.45, 2.75) is 89.3 Å². The molecule has 4 atom stereocenters. The van der Waals surface area contributed by atoms with Gasteiger partial charge in [-0.25, -0.2) is 9.78 Å². The molecule has 132 valence electrons. The quantitative estimate of drug-likeness (QED) is 0.575. The summed E-state index contributed by atoms with van der Waals surface area (Å²) >= 11 is 0. The van der Waals surface area contributed by atoms with Gasteiger partial charge in [-0.1, -0.05) is 13.8 Å². The van der Waals surface area contributed by atoms with E-state index >= 15 is 0 Å². The summed E-state index contributed by atoms with van der Waals surface area (Å²) in [6, 6.07) is 0. The topological polar surface area (TPSA) is 18.5 Å². The van der Waals surface area contributed by atoms with Crippen molar-refractivity contribution in [1.29, 1.82) is 0 Å². The standard InChI is InChI=1S/C22H32O2/c1-19-7-13-3-15(9-19)21(16(4-13)10-19)22(24-23-21)17-5-14-6-18(22)12-20(2,8-14)11-17/h13-18H,3-12H2,1-2H3. The number of rotatable bonds is 0. The second-order valence-corrected chi connectivity index (χ2v) is 12.1. The highest BCUT2D eigenvalue weighted by molar-refractivity contribution is 5.27. The third-order valence-electron chi connectivity index (χ3n) is 10.3. The zero-order chi connectivity index (χ0) is 15.9. The molecule has 8 bridgehead atoms. The lowest BCUT2D eigenvalue weighted by Gasteiger charge is -2.78. The van der Waals surface area contributed by atoms with Crippen molar-refractivity contribution in [3.05, 3.63) is 0 Å². The molecule has 0 aromatic rings. The van der Waals surface area contributed by atoms with E-state index in [9.17, 15) is 0 Å². The zero-order valence-corrected chi connectivity index (χ0v) is 15.4.